The fraction of sp³-hybridized carbons (Fsp3) is 0.353. The minimum atomic E-state index is -1.15. The summed E-state index contributed by atoms with van der Waals surface area (Å²) in [5.74, 6) is -1.56. The Hall–Kier alpha value is -2.52. The third-order valence-electron chi connectivity index (χ3n) is 4.43. The van der Waals surface area contributed by atoms with Crippen molar-refractivity contribution in [1.82, 2.24) is 10.2 Å². The molecule has 8 nitrogen and oxygen atoms in total. The molecule has 0 spiro atoms. The zero-order chi connectivity index (χ0) is 19.0. The first-order valence-electron chi connectivity index (χ1n) is 8.02. The zero-order valence-electron chi connectivity index (χ0n) is 14.0. The second-order valence-corrected chi connectivity index (χ2v) is 7.31. The molecule has 0 aromatic heterocycles. The summed E-state index contributed by atoms with van der Waals surface area (Å²) < 4.78 is 0. The average molecular weight is 377 g/mol. The average Bonchev–Trinajstić information content (AvgIpc) is 2.82. The monoisotopic (exact) mass is 377 g/mol. The number of allylic oxidation sites excluding steroid dienone is 3. The topological polar surface area (TPSA) is 133 Å². The van der Waals surface area contributed by atoms with Gasteiger partial charge in [-0.3, -0.25) is 14.5 Å². The van der Waals surface area contributed by atoms with Crippen LogP contribution < -0.4 is 11.1 Å². The lowest BCUT2D eigenvalue weighted by atomic mass is 10.0. The molecule has 2 aliphatic heterocycles. The van der Waals surface area contributed by atoms with Crippen LogP contribution in [0.5, 0.6) is 0 Å². The number of carboxylic acids is 1. The van der Waals surface area contributed by atoms with Crippen LogP contribution in [-0.4, -0.2) is 56.1 Å². The molecule has 0 bridgehead atoms. The van der Waals surface area contributed by atoms with Gasteiger partial charge in [-0.2, -0.15) is 0 Å². The fourth-order valence-electron chi connectivity index (χ4n) is 3.03. The Bertz CT molecular complexity index is 798. The van der Waals surface area contributed by atoms with Crippen LogP contribution in [0.2, 0.25) is 0 Å². The highest BCUT2D eigenvalue weighted by atomic mass is 32.2. The highest BCUT2D eigenvalue weighted by molar-refractivity contribution is 8.00. The van der Waals surface area contributed by atoms with Gasteiger partial charge in [-0.05, 0) is 36.6 Å². The van der Waals surface area contributed by atoms with Crippen molar-refractivity contribution in [3.05, 3.63) is 46.9 Å². The van der Waals surface area contributed by atoms with Gasteiger partial charge >= 0.3 is 5.97 Å². The molecule has 0 aromatic carbocycles. The fourth-order valence-corrected chi connectivity index (χ4v) is 4.33. The van der Waals surface area contributed by atoms with Gasteiger partial charge in [0.1, 0.15) is 28.9 Å². The predicted octanol–water partition coefficient (Wildman–Crippen LogP) is 0.400. The van der Waals surface area contributed by atoms with Crippen LogP contribution in [0, 0.1) is 0 Å². The van der Waals surface area contributed by atoms with Crippen molar-refractivity contribution in [2.45, 2.75) is 30.8 Å². The Morgan fingerprint density at radius 2 is 2.12 bits per heavy atom. The van der Waals surface area contributed by atoms with Crippen molar-refractivity contribution in [3.8, 4) is 0 Å². The van der Waals surface area contributed by atoms with Gasteiger partial charge in [-0.15, -0.1) is 11.8 Å². The number of thioether (sulfide) groups is 1. The lowest BCUT2D eigenvalue weighted by molar-refractivity contribution is -0.150. The largest absolute Gasteiger partial charge is 0.508 e. The quantitative estimate of drug-likeness (QED) is 0.521. The first-order chi connectivity index (χ1) is 12.3. The molecule has 26 heavy (non-hydrogen) atoms. The van der Waals surface area contributed by atoms with Gasteiger partial charge < -0.3 is 21.3 Å². The number of carboxylic acid groups (broad SMARTS) is 1. The Morgan fingerprint density at radius 3 is 2.81 bits per heavy atom. The maximum atomic E-state index is 12.4. The molecule has 0 radical (unpaired) electrons. The summed E-state index contributed by atoms with van der Waals surface area (Å²) in [5.41, 5.74) is 7.12. The first-order valence-corrected chi connectivity index (χ1v) is 9.07. The van der Waals surface area contributed by atoms with E-state index in [0.717, 1.165) is 0 Å². The normalized spacial score (nSPS) is 26.2. The molecule has 3 atom stereocenters. The molecule has 2 heterocycles. The van der Waals surface area contributed by atoms with Gasteiger partial charge in [0.25, 0.3) is 5.91 Å². The number of hydrogen-bond donors (Lipinski definition) is 4. The molecule has 3 unspecified atom stereocenters. The molecule has 1 saturated heterocycles. The van der Waals surface area contributed by atoms with Crippen molar-refractivity contribution >= 4 is 29.5 Å². The van der Waals surface area contributed by atoms with Crippen molar-refractivity contribution in [2.24, 2.45) is 5.73 Å². The van der Waals surface area contributed by atoms with E-state index in [9.17, 15) is 24.6 Å². The van der Waals surface area contributed by atoms with Crippen LogP contribution in [0.25, 0.3) is 0 Å². The molecule has 0 saturated carbocycles. The van der Waals surface area contributed by atoms with Gasteiger partial charge in [-0.25, -0.2) is 4.79 Å². The second kappa shape index (κ2) is 7.00. The van der Waals surface area contributed by atoms with E-state index in [1.54, 1.807) is 25.2 Å². The molecule has 2 amide bonds. The van der Waals surface area contributed by atoms with E-state index in [-0.39, 0.29) is 11.5 Å². The Kier molecular flexibility index (Phi) is 4.92. The van der Waals surface area contributed by atoms with Gasteiger partial charge in [0, 0.05) is 5.75 Å². The molecule has 0 aromatic rings. The number of fused-ring (bicyclic) bond motifs is 1. The van der Waals surface area contributed by atoms with E-state index in [1.165, 1.54) is 22.7 Å². The van der Waals surface area contributed by atoms with Gasteiger partial charge in [0.05, 0.1) is 0 Å². The summed E-state index contributed by atoms with van der Waals surface area (Å²) >= 11 is 1.41. The minimum absolute atomic E-state index is 0.00972. The summed E-state index contributed by atoms with van der Waals surface area (Å²) in [6.07, 6.45) is 6.76. The summed E-state index contributed by atoms with van der Waals surface area (Å²) in [6, 6.07) is -1.79. The second-order valence-electron chi connectivity index (χ2n) is 6.21. The number of carbonyl (C=O) groups excluding carboxylic acids is 2. The number of nitrogens with zero attached hydrogens (tertiary/aromatic N) is 1. The molecule has 1 fully saturated rings. The summed E-state index contributed by atoms with van der Waals surface area (Å²) in [6.45, 7) is 1.68. The molecule has 3 aliphatic rings. The molecule has 3 rings (SSSR count). The number of aliphatic hydroxyl groups is 1. The Morgan fingerprint density at radius 1 is 1.38 bits per heavy atom. The molecular formula is C17H19N3O5S. The third kappa shape index (κ3) is 3.15. The summed E-state index contributed by atoms with van der Waals surface area (Å²) in [4.78, 5) is 37.4. The standard InChI is InChI=1S/C17H19N3O5S/c1-8-7-26-16-12(15(23)20(16)13(8)17(24)25)19-14(22)11(18)9-3-2-4-10(21)6-5-9/h3-6,11-12,16,21H,2,7,18H2,1H3,(H,19,22)(H,24,25). The van der Waals surface area contributed by atoms with Crippen LogP contribution in [-0.2, 0) is 14.4 Å². The van der Waals surface area contributed by atoms with Crippen molar-refractivity contribution in [3.63, 3.8) is 0 Å². The van der Waals surface area contributed by atoms with Crippen molar-refractivity contribution in [1.29, 1.82) is 0 Å². The number of rotatable bonds is 4. The molecule has 138 valence electrons. The third-order valence-corrected chi connectivity index (χ3v) is 5.85. The smallest absolute Gasteiger partial charge is 0.352 e. The maximum absolute atomic E-state index is 12.4. The van der Waals surface area contributed by atoms with Crippen LogP contribution in [0.4, 0.5) is 0 Å². The van der Waals surface area contributed by atoms with Gasteiger partial charge in [0.15, 0.2) is 0 Å². The lowest BCUT2D eigenvalue weighted by Gasteiger charge is -2.49. The SMILES string of the molecule is CC1=C(C(=O)O)N2C(=O)C(NC(=O)C(N)C3=CCC=C(O)C=C3)C2SC1. The number of nitrogens with two attached hydrogens (primary N) is 1. The van der Waals surface area contributed by atoms with Crippen LogP contribution in [0.3, 0.4) is 0 Å². The van der Waals surface area contributed by atoms with E-state index in [1.807, 2.05) is 0 Å². The molecule has 1 aliphatic carbocycles. The number of aliphatic carboxylic acids is 1. The van der Waals surface area contributed by atoms with Crippen LogP contribution >= 0.6 is 11.8 Å². The van der Waals surface area contributed by atoms with E-state index in [0.29, 0.717) is 23.3 Å². The van der Waals surface area contributed by atoms with Crippen molar-refractivity contribution < 1.29 is 24.6 Å². The summed E-state index contributed by atoms with van der Waals surface area (Å²) in [7, 11) is 0. The highest BCUT2D eigenvalue weighted by Gasteiger charge is 2.53. The van der Waals surface area contributed by atoms with E-state index >= 15 is 0 Å². The number of carbonyl (C=O) groups is 3. The Labute approximate surface area is 154 Å². The van der Waals surface area contributed by atoms with Crippen LogP contribution in [0.15, 0.2) is 46.9 Å². The number of nitrogens with one attached hydrogen (secondary N) is 1. The van der Waals surface area contributed by atoms with Gasteiger partial charge in [0.2, 0.25) is 5.91 Å². The number of aliphatic hydroxyl groups excluding tert-OH is 1. The summed E-state index contributed by atoms with van der Waals surface area (Å²) in [5, 5.41) is 21.0. The van der Waals surface area contributed by atoms with E-state index in [4.69, 9.17) is 5.73 Å². The van der Waals surface area contributed by atoms with Crippen molar-refractivity contribution in [2.75, 3.05) is 5.75 Å². The van der Waals surface area contributed by atoms with Crippen LogP contribution in [0.1, 0.15) is 13.3 Å². The lowest BCUT2D eigenvalue weighted by Crippen LogP contribution is -2.71. The maximum Gasteiger partial charge on any atom is 0.352 e. The highest BCUT2D eigenvalue weighted by Crippen LogP contribution is 2.40. The number of hydrogen-bond acceptors (Lipinski definition) is 6. The molecule has 5 N–H and O–H groups in total. The number of β-lactam (4-membered cyclic amide) rings is 1. The number of amides is 2. The van der Waals surface area contributed by atoms with E-state index in [2.05, 4.69) is 5.32 Å². The Balaban J connectivity index is 1.68. The zero-order valence-corrected chi connectivity index (χ0v) is 14.8. The van der Waals surface area contributed by atoms with Gasteiger partial charge in [-0.1, -0.05) is 12.2 Å². The molecule has 9 heteroatoms. The first kappa shape index (κ1) is 18.3. The minimum Gasteiger partial charge on any atom is -0.508 e. The predicted molar refractivity (Wildman–Crippen MR) is 95.9 cm³/mol. The van der Waals surface area contributed by atoms with E-state index < -0.39 is 35.2 Å². The molecular weight excluding hydrogens is 358 g/mol.